The van der Waals surface area contributed by atoms with Crippen molar-refractivity contribution >= 4 is 16.3 Å². The van der Waals surface area contributed by atoms with Crippen LogP contribution in [0, 0.1) is 11.3 Å². The topological polar surface area (TPSA) is 54.5 Å². The van der Waals surface area contributed by atoms with Crippen molar-refractivity contribution in [2.45, 2.75) is 33.6 Å². The van der Waals surface area contributed by atoms with Crippen molar-refractivity contribution in [3.8, 4) is 0 Å². The predicted molar refractivity (Wildman–Crippen MR) is 63.6 cm³/mol. The largest absolute Gasteiger partial charge is 0.303 e. The summed E-state index contributed by atoms with van der Waals surface area (Å²) in [6.45, 7) is 6.65. The quantitative estimate of drug-likeness (QED) is 0.706. The van der Waals surface area contributed by atoms with Gasteiger partial charge in [0.2, 0.25) is 10.0 Å². The van der Waals surface area contributed by atoms with Gasteiger partial charge < -0.3 is 4.79 Å². The molecule has 0 aromatic rings. The Bertz CT molecular complexity index is 343. The highest BCUT2D eigenvalue weighted by molar-refractivity contribution is 7.89. The van der Waals surface area contributed by atoms with Crippen LogP contribution < -0.4 is 0 Å². The summed E-state index contributed by atoms with van der Waals surface area (Å²) < 4.78 is 25.6. The number of carbonyl (C=O) groups excluding carboxylic acids is 1. The maximum atomic E-state index is 12.1. The molecule has 0 amide bonds. The Morgan fingerprint density at radius 1 is 1.38 bits per heavy atom. The molecule has 1 aliphatic heterocycles. The van der Waals surface area contributed by atoms with E-state index in [4.69, 9.17) is 0 Å². The molecule has 0 aromatic carbocycles. The van der Waals surface area contributed by atoms with Crippen LogP contribution >= 0.6 is 0 Å². The zero-order valence-corrected chi connectivity index (χ0v) is 11.1. The van der Waals surface area contributed by atoms with Gasteiger partial charge in [-0.3, -0.25) is 0 Å². The number of sulfonamides is 1. The number of hydrogen-bond donors (Lipinski definition) is 0. The molecule has 0 spiro atoms. The number of piperidine rings is 1. The Morgan fingerprint density at radius 3 is 2.50 bits per heavy atom. The van der Waals surface area contributed by atoms with E-state index < -0.39 is 10.0 Å². The minimum absolute atomic E-state index is 0.122. The average Bonchev–Trinajstić information content (AvgIpc) is 2.14. The summed E-state index contributed by atoms with van der Waals surface area (Å²) in [6, 6.07) is 0. The highest BCUT2D eigenvalue weighted by Gasteiger charge is 2.31. The maximum Gasteiger partial charge on any atom is 0.214 e. The molecule has 1 saturated heterocycles. The van der Waals surface area contributed by atoms with Gasteiger partial charge in [0, 0.05) is 19.0 Å². The Kier molecular flexibility index (Phi) is 4.12. The third-order valence-corrected chi connectivity index (χ3v) is 4.97. The number of carbonyl (C=O) groups is 1. The van der Waals surface area contributed by atoms with Crippen molar-refractivity contribution in [3.05, 3.63) is 0 Å². The number of aldehydes is 1. The predicted octanol–water partition coefficient (Wildman–Crippen LogP) is 1.27. The van der Waals surface area contributed by atoms with E-state index in [1.807, 2.05) is 20.8 Å². The maximum absolute atomic E-state index is 12.1. The Balaban J connectivity index is 2.72. The van der Waals surface area contributed by atoms with E-state index >= 15 is 0 Å². The van der Waals surface area contributed by atoms with Gasteiger partial charge in [-0.25, -0.2) is 12.7 Å². The second-order valence-corrected chi connectivity index (χ2v) is 7.68. The molecule has 0 radical (unpaired) electrons. The summed E-state index contributed by atoms with van der Waals surface area (Å²) in [7, 11) is -3.21. The van der Waals surface area contributed by atoms with Gasteiger partial charge in [0.15, 0.2) is 0 Å². The van der Waals surface area contributed by atoms with Crippen LogP contribution in [0.25, 0.3) is 0 Å². The normalized spacial score (nSPS) is 24.3. The minimum atomic E-state index is -3.21. The SMILES string of the molecule is CC(C)(C)CS(=O)(=O)N1CCCC(C=O)C1. The second kappa shape index (κ2) is 4.84. The van der Waals surface area contributed by atoms with E-state index in [2.05, 4.69) is 0 Å². The lowest BCUT2D eigenvalue weighted by Gasteiger charge is -2.31. The van der Waals surface area contributed by atoms with Crippen molar-refractivity contribution in [2.24, 2.45) is 11.3 Å². The van der Waals surface area contributed by atoms with E-state index in [0.29, 0.717) is 13.1 Å². The molecule has 1 aliphatic rings. The van der Waals surface area contributed by atoms with Gasteiger partial charge >= 0.3 is 0 Å². The average molecular weight is 247 g/mol. The molecular weight excluding hydrogens is 226 g/mol. The van der Waals surface area contributed by atoms with E-state index in [1.165, 1.54) is 4.31 Å². The van der Waals surface area contributed by atoms with Gasteiger partial charge in [0.1, 0.15) is 6.29 Å². The smallest absolute Gasteiger partial charge is 0.214 e. The summed E-state index contributed by atoms with van der Waals surface area (Å²) in [5.74, 6) is 0.0227. The van der Waals surface area contributed by atoms with Gasteiger partial charge in [-0.05, 0) is 18.3 Å². The van der Waals surface area contributed by atoms with E-state index in [1.54, 1.807) is 0 Å². The van der Waals surface area contributed by atoms with Crippen molar-refractivity contribution < 1.29 is 13.2 Å². The van der Waals surface area contributed by atoms with Crippen molar-refractivity contribution in [2.75, 3.05) is 18.8 Å². The number of hydrogen-bond acceptors (Lipinski definition) is 3. The van der Waals surface area contributed by atoms with E-state index in [9.17, 15) is 13.2 Å². The molecular formula is C11H21NO3S. The molecule has 1 unspecified atom stereocenters. The van der Waals surface area contributed by atoms with Crippen molar-refractivity contribution in [3.63, 3.8) is 0 Å². The van der Waals surface area contributed by atoms with Crippen LogP contribution in [0.1, 0.15) is 33.6 Å². The van der Waals surface area contributed by atoms with Crippen LogP contribution in [0.2, 0.25) is 0 Å². The molecule has 0 saturated carbocycles. The second-order valence-electron chi connectivity index (χ2n) is 5.71. The van der Waals surface area contributed by atoms with Gasteiger partial charge in [0.05, 0.1) is 5.75 Å². The van der Waals surface area contributed by atoms with Crippen LogP contribution in [-0.4, -0.2) is 37.9 Å². The molecule has 94 valence electrons. The van der Waals surface area contributed by atoms with Crippen LogP contribution in [0.4, 0.5) is 0 Å². The fourth-order valence-electron chi connectivity index (χ4n) is 1.98. The Morgan fingerprint density at radius 2 is 2.00 bits per heavy atom. The monoisotopic (exact) mass is 247 g/mol. The molecule has 0 bridgehead atoms. The first-order chi connectivity index (χ1) is 7.24. The molecule has 16 heavy (non-hydrogen) atoms. The molecule has 0 aliphatic carbocycles. The Hall–Kier alpha value is -0.420. The van der Waals surface area contributed by atoms with Crippen LogP contribution in [0.3, 0.4) is 0 Å². The van der Waals surface area contributed by atoms with Crippen LogP contribution in [-0.2, 0) is 14.8 Å². The third-order valence-electron chi connectivity index (χ3n) is 2.62. The Labute approximate surface area is 98.1 Å². The summed E-state index contributed by atoms with van der Waals surface area (Å²) in [4.78, 5) is 10.7. The standard InChI is InChI=1S/C11H21NO3S/c1-11(2,3)9-16(14,15)12-6-4-5-10(7-12)8-13/h8,10H,4-7,9H2,1-3H3. The molecule has 0 aromatic heterocycles. The lowest BCUT2D eigenvalue weighted by molar-refractivity contribution is -0.112. The molecule has 5 heteroatoms. The third kappa shape index (κ3) is 3.87. The molecule has 1 fully saturated rings. The molecule has 4 nitrogen and oxygen atoms in total. The van der Waals surface area contributed by atoms with Crippen LogP contribution in [0.5, 0.6) is 0 Å². The van der Waals surface area contributed by atoms with Gasteiger partial charge in [-0.15, -0.1) is 0 Å². The van der Waals surface area contributed by atoms with E-state index in [0.717, 1.165) is 19.1 Å². The van der Waals surface area contributed by atoms with Gasteiger partial charge in [0.25, 0.3) is 0 Å². The fourth-order valence-corrected chi connectivity index (χ4v) is 4.08. The summed E-state index contributed by atoms with van der Waals surface area (Å²) in [5.41, 5.74) is -0.243. The van der Waals surface area contributed by atoms with Gasteiger partial charge in [-0.2, -0.15) is 0 Å². The lowest BCUT2D eigenvalue weighted by atomic mass is 10.0. The molecule has 0 N–H and O–H groups in total. The first kappa shape index (κ1) is 13.6. The first-order valence-corrected chi connectivity index (χ1v) is 7.29. The fraction of sp³-hybridized carbons (Fsp3) is 0.909. The summed E-state index contributed by atoms with van der Waals surface area (Å²) >= 11 is 0. The minimum Gasteiger partial charge on any atom is -0.303 e. The number of rotatable bonds is 3. The molecule has 1 atom stereocenters. The van der Waals surface area contributed by atoms with Crippen LogP contribution in [0.15, 0.2) is 0 Å². The molecule has 1 rings (SSSR count). The zero-order valence-electron chi connectivity index (χ0n) is 10.3. The lowest BCUT2D eigenvalue weighted by Crippen LogP contribution is -2.43. The van der Waals surface area contributed by atoms with E-state index in [-0.39, 0.29) is 17.1 Å². The van der Waals surface area contributed by atoms with Gasteiger partial charge in [-0.1, -0.05) is 20.8 Å². The summed E-state index contributed by atoms with van der Waals surface area (Å²) in [5, 5.41) is 0. The first-order valence-electron chi connectivity index (χ1n) is 5.68. The molecule has 1 heterocycles. The van der Waals surface area contributed by atoms with Crippen molar-refractivity contribution in [1.82, 2.24) is 4.31 Å². The summed E-state index contributed by atoms with van der Waals surface area (Å²) in [6.07, 6.45) is 2.47. The van der Waals surface area contributed by atoms with Crippen molar-refractivity contribution in [1.29, 1.82) is 0 Å². The highest BCUT2D eigenvalue weighted by atomic mass is 32.2. The highest BCUT2D eigenvalue weighted by Crippen LogP contribution is 2.23. The number of nitrogens with zero attached hydrogens (tertiary/aromatic N) is 1. The zero-order chi connectivity index (χ0) is 12.4.